The Bertz CT molecular complexity index is 594. The van der Waals surface area contributed by atoms with Crippen LogP contribution in [0.4, 0.5) is 8.78 Å². The van der Waals surface area contributed by atoms with Crippen molar-refractivity contribution in [2.24, 2.45) is 5.92 Å². The summed E-state index contributed by atoms with van der Waals surface area (Å²) in [6.45, 7) is 1.94. The standard InChI is InChI=1S/C14H14ClF2NO3/c1-7-8(14(20)21)3-2-6-18(7)13(19)9-4-5-10(16)11(15)12(9)17/h4-5,7-8H,2-3,6H2,1H3,(H,20,21)/t7-,8-/m1/s1. The molecule has 1 fully saturated rings. The number of carbonyl (C=O) groups excluding carboxylic acids is 1. The summed E-state index contributed by atoms with van der Waals surface area (Å²) < 4.78 is 27.1. The quantitative estimate of drug-likeness (QED) is 0.853. The molecule has 1 aromatic carbocycles. The molecule has 0 aliphatic carbocycles. The zero-order valence-corrected chi connectivity index (χ0v) is 12.0. The molecule has 0 radical (unpaired) electrons. The van der Waals surface area contributed by atoms with Crippen LogP contribution in [0.2, 0.25) is 5.02 Å². The Morgan fingerprint density at radius 2 is 2.05 bits per heavy atom. The molecule has 0 bridgehead atoms. The van der Waals surface area contributed by atoms with E-state index in [0.717, 1.165) is 12.1 Å². The van der Waals surface area contributed by atoms with Crippen LogP contribution in [0.1, 0.15) is 30.1 Å². The SMILES string of the molecule is C[C@@H]1[C@H](C(=O)O)CCCN1C(=O)c1ccc(F)c(Cl)c1F. The van der Waals surface area contributed by atoms with Gasteiger partial charge in [-0.25, -0.2) is 8.78 Å². The monoisotopic (exact) mass is 317 g/mol. The van der Waals surface area contributed by atoms with E-state index in [9.17, 15) is 18.4 Å². The highest BCUT2D eigenvalue weighted by Gasteiger charge is 2.36. The molecule has 0 unspecified atom stereocenters. The molecule has 2 rings (SSSR count). The molecule has 1 aliphatic rings. The predicted octanol–water partition coefficient (Wildman–Crippen LogP) is 2.94. The molecule has 1 N–H and O–H groups in total. The van der Waals surface area contributed by atoms with Crippen LogP contribution in [0.25, 0.3) is 0 Å². The third-order valence-electron chi connectivity index (χ3n) is 3.83. The fourth-order valence-electron chi connectivity index (χ4n) is 2.61. The second kappa shape index (κ2) is 5.97. The molecule has 1 amide bonds. The van der Waals surface area contributed by atoms with E-state index in [0.29, 0.717) is 19.4 Å². The van der Waals surface area contributed by atoms with Crippen molar-refractivity contribution < 1.29 is 23.5 Å². The molecule has 2 atom stereocenters. The number of rotatable bonds is 2. The van der Waals surface area contributed by atoms with Crippen molar-refractivity contribution in [2.45, 2.75) is 25.8 Å². The summed E-state index contributed by atoms with van der Waals surface area (Å²) in [5, 5.41) is 8.40. The van der Waals surface area contributed by atoms with Crippen molar-refractivity contribution in [3.05, 3.63) is 34.4 Å². The molecular weight excluding hydrogens is 304 g/mol. The first kappa shape index (κ1) is 15.7. The Morgan fingerprint density at radius 1 is 1.38 bits per heavy atom. The number of carbonyl (C=O) groups is 2. The number of carboxylic acid groups (broad SMARTS) is 1. The van der Waals surface area contributed by atoms with E-state index in [1.165, 1.54) is 4.90 Å². The molecule has 0 aromatic heterocycles. The number of piperidine rings is 1. The smallest absolute Gasteiger partial charge is 0.308 e. The minimum Gasteiger partial charge on any atom is -0.481 e. The first-order valence-corrected chi connectivity index (χ1v) is 6.89. The number of hydrogen-bond acceptors (Lipinski definition) is 2. The average Bonchev–Trinajstić information content (AvgIpc) is 2.44. The van der Waals surface area contributed by atoms with Gasteiger partial charge in [0.05, 0.1) is 11.5 Å². The molecule has 1 saturated heterocycles. The highest BCUT2D eigenvalue weighted by molar-refractivity contribution is 6.31. The molecule has 1 heterocycles. The lowest BCUT2D eigenvalue weighted by Gasteiger charge is -2.37. The Balaban J connectivity index is 2.31. The number of nitrogens with zero attached hydrogens (tertiary/aromatic N) is 1. The topological polar surface area (TPSA) is 57.6 Å². The van der Waals surface area contributed by atoms with Crippen molar-refractivity contribution in [1.82, 2.24) is 4.90 Å². The zero-order valence-electron chi connectivity index (χ0n) is 11.3. The van der Waals surface area contributed by atoms with Gasteiger partial charge in [-0.1, -0.05) is 11.6 Å². The maximum absolute atomic E-state index is 13.9. The molecule has 0 spiro atoms. The molecule has 21 heavy (non-hydrogen) atoms. The third kappa shape index (κ3) is 2.85. The lowest BCUT2D eigenvalue weighted by atomic mass is 9.90. The van der Waals surface area contributed by atoms with Gasteiger partial charge >= 0.3 is 5.97 Å². The molecule has 1 aliphatic heterocycles. The maximum Gasteiger partial charge on any atom is 0.308 e. The van der Waals surface area contributed by atoms with Crippen LogP contribution < -0.4 is 0 Å². The second-order valence-electron chi connectivity index (χ2n) is 5.05. The summed E-state index contributed by atoms with van der Waals surface area (Å²) in [5.41, 5.74) is -0.348. The van der Waals surface area contributed by atoms with Gasteiger partial charge in [0.15, 0.2) is 5.82 Å². The van der Waals surface area contributed by atoms with E-state index < -0.39 is 40.5 Å². The van der Waals surface area contributed by atoms with Gasteiger partial charge in [0.25, 0.3) is 5.91 Å². The van der Waals surface area contributed by atoms with Gasteiger partial charge in [-0.15, -0.1) is 0 Å². The Kier molecular flexibility index (Phi) is 4.46. The lowest BCUT2D eigenvalue weighted by molar-refractivity contribution is -0.144. The zero-order chi connectivity index (χ0) is 15.7. The first-order valence-electron chi connectivity index (χ1n) is 6.52. The van der Waals surface area contributed by atoms with Crippen LogP contribution in [-0.4, -0.2) is 34.5 Å². The van der Waals surface area contributed by atoms with E-state index in [1.54, 1.807) is 6.92 Å². The van der Waals surface area contributed by atoms with Gasteiger partial charge in [0.2, 0.25) is 0 Å². The Labute approximate surface area is 125 Å². The van der Waals surface area contributed by atoms with Crippen molar-refractivity contribution in [3.63, 3.8) is 0 Å². The Morgan fingerprint density at radius 3 is 2.67 bits per heavy atom. The van der Waals surface area contributed by atoms with E-state index in [2.05, 4.69) is 0 Å². The maximum atomic E-state index is 13.9. The minimum atomic E-state index is -1.12. The van der Waals surface area contributed by atoms with Crippen LogP contribution in [0.5, 0.6) is 0 Å². The number of hydrogen-bond donors (Lipinski definition) is 1. The average molecular weight is 318 g/mol. The summed E-state index contributed by atoms with van der Waals surface area (Å²) in [6.07, 6.45) is 0.983. The van der Waals surface area contributed by atoms with Crippen LogP contribution in [-0.2, 0) is 4.79 Å². The lowest BCUT2D eigenvalue weighted by Crippen LogP contribution is -2.49. The van der Waals surface area contributed by atoms with Crippen molar-refractivity contribution in [3.8, 4) is 0 Å². The van der Waals surface area contributed by atoms with Crippen molar-refractivity contribution in [2.75, 3.05) is 6.54 Å². The number of halogens is 3. The van der Waals surface area contributed by atoms with E-state index in [-0.39, 0.29) is 5.56 Å². The number of amides is 1. The van der Waals surface area contributed by atoms with Crippen LogP contribution in [0, 0.1) is 17.6 Å². The molecular formula is C14H14ClF2NO3. The fourth-order valence-corrected chi connectivity index (χ4v) is 2.77. The summed E-state index contributed by atoms with van der Waals surface area (Å²) in [5.74, 6) is -4.42. The molecule has 0 saturated carbocycles. The first-order chi connectivity index (χ1) is 9.84. The van der Waals surface area contributed by atoms with E-state index in [1.807, 2.05) is 0 Å². The largest absolute Gasteiger partial charge is 0.481 e. The molecule has 1 aromatic rings. The highest BCUT2D eigenvalue weighted by Crippen LogP contribution is 2.28. The number of likely N-dealkylation sites (tertiary alicyclic amines) is 1. The van der Waals surface area contributed by atoms with Crippen LogP contribution in [0.3, 0.4) is 0 Å². The predicted molar refractivity (Wildman–Crippen MR) is 72.2 cm³/mol. The van der Waals surface area contributed by atoms with E-state index >= 15 is 0 Å². The van der Waals surface area contributed by atoms with Gasteiger partial charge in [0, 0.05) is 12.6 Å². The molecule has 7 heteroatoms. The number of benzene rings is 1. The molecule has 114 valence electrons. The minimum absolute atomic E-state index is 0.332. The van der Waals surface area contributed by atoms with Crippen molar-refractivity contribution in [1.29, 1.82) is 0 Å². The van der Waals surface area contributed by atoms with Crippen molar-refractivity contribution >= 4 is 23.5 Å². The van der Waals surface area contributed by atoms with Gasteiger partial charge in [0.1, 0.15) is 10.8 Å². The number of aliphatic carboxylic acids is 1. The Hall–Kier alpha value is -1.69. The summed E-state index contributed by atoms with van der Waals surface area (Å²) in [6, 6.07) is 1.38. The van der Waals surface area contributed by atoms with Gasteiger partial charge in [-0.3, -0.25) is 9.59 Å². The summed E-state index contributed by atoms with van der Waals surface area (Å²) in [4.78, 5) is 24.8. The second-order valence-corrected chi connectivity index (χ2v) is 5.43. The van der Waals surface area contributed by atoms with Gasteiger partial charge in [-0.05, 0) is 31.9 Å². The highest BCUT2D eigenvalue weighted by atomic mass is 35.5. The summed E-state index contributed by atoms with van der Waals surface area (Å²) in [7, 11) is 0. The fraction of sp³-hybridized carbons (Fsp3) is 0.429. The summed E-state index contributed by atoms with van der Waals surface area (Å²) >= 11 is 5.47. The van der Waals surface area contributed by atoms with Crippen LogP contribution in [0.15, 0.2) is 12.1 Å². The third-order valence-corrected chi connectivity index (χ3v) is 4.18. The number of carboxylic acids is 1. The molecule has 4 nitrogen and oxygen atoms in total. The van der Waals surface area contributed by atoms with Crippen LogP contribution >= 0.6 is 11.6 Å². The normalized spacial score (nSPS) is 22.2. The van der Waals surface area contributed by atoms with E-state index in [4.69, 9.17) is 16.7 Å². The van der Waals surface area contributed by atoms with Gasteiger partial charge in [-0.2, -0.15) is 0 Å². The van der Waals surface area contributed by atoms with Gasteiger partial charge < -0.3 is 10.0 Å².